The monoisotopic (exact) mass is 485 g/mol. The molecule has 1 aromatic heterocycles. The number of hydrogen-bond donors (Lipinski definition) is 3. The van der Waals surface area contributed by atoms with E-state index in [4.69, 9.17) is 23.1 Å². The maximum Gasteiger partial charge on any atom is 0.422 e. The number of alkyl halides is 6. The molecule has 5 N–H and O–H groups in total. The molecule has 0 bridgehead atoms. The molecule has 2 aliphatic rings. The maximum atomic E-state index is 13.6. The summed E-state index contributed by atoms with van der Waals surface area (Å²) in [7, 11) is 0. The third kappa shape index (κ3) is 4.35. The van der Waals surface area contributed by atoms with Gasteiger partial charge in [-0.15, -0.1) is 0 Å². The van der Waals surface area contributed by atoms with Crippen LogP contribution < -0.4 is 16.4 Å². The van der Waals surface area contributed by atoms with E-state index in [0.717, 1.165) is 12.1 Å². The van der Waals surface area contributed by atoms with E-state index in [-0.39, 0.29) is 31.1 Å². The Morgan fingerprint density at radius 3 is 2.31 bits per heavy atom. The summed E-state index contributed by atoms with van der Waals surface area (Å²) in [4.78, 5) is 19.9. The average molecular weight is 486 g/mol. The summed E-state index contributed by atoms with van der Waals surface area (Å²) in [6, 6.07) is 1.81. The summed E-state index contributed by atoms with van der Waals surface area (Å²) in [5.41, 5.74) is 5.57. The number of nitrogens with two attached hydrogens (primary N) is 2. The number of pyridine rings is 1. The normalized spacial score (nSPS) is 25.1. The molecule has 0 aromatic carbocycles. The topological polar surface area (TPSA) is 118 Å². The van der Waals surface area contributed by atoms with E-state index in [2.05, 4.69) is 9.98 Å². The Balaban J connectivity index is 1.91. The van der Waals surface area contributed by atoms with E-state index >= 15 is 0 Å². The van der Waals surface area contributed by atoms with E-state index < -0.39 is 64.7 Å². The van der Waals surface area contributed by atoms with Crippen molar-refractivity contribution in [1.29, 1.82) is 0 Å². The van der Waals surface area contributed by atoms with Crippen LogP contribution >= 0.6 is 11.6 Å². The second kappa shape index (κ2) is 8.10. The molecule has 1 atom stereocenters. The molecular formula is C18H18ClF6N5O2. The van der Waals surface area contributed by atoms with E-state index in [1.807, 2.05) is 0 Å². The largest absolute Gasteiger partial charge is 0.422 e. The first-order chi connectivity index (χ1) is 14.6. The highest BCUT2D eigenvalue weighted by molar-refractivity contribution is 6.29. The summed E-state index contributed by atoms with van der Waals surface area (Å²) in [5.74, 6) is -3.24. The fourth-order valence-electron chi connectivity index (χ4n) is 3.87. The first-order valence-electron chi connectivity index (χ1n) is 9.30. The van der Waals surface area contributed by atoms with Gasteiger partial charge in [0.15, 0.2) is 5.60 Å². The molecule has 7 nitrogen and oxygen atoms in total. The maximum absolute atomic E-state index is 13.6. The van der Waals surface area contributed by atoms with E-state index in [1.165, 1.54) is 4.90 Å². The molecule has 176 valence electrons. The molecule has 3 rings (SSSR count). The predicted octanol–water partition coefficient (Wildman–Crippen LogP) is 2.76. The van der Waals surface area contributed by atoms with Gasteiger partial charge in [0.1, 0.15) is 16.8 Å². The third-order valence-electron chi connectivity index (χ3n) is 5.46. The smallest absolute Gasteiger partial charge is 0.401 e. The fraction of sp³-hybridized carbons (Fsp3) is 0.500. The highest BCUT2D eigenvalue weighted by atomic mass is 35.5. The molecule has 2 aliphatic heterocycles. The van der Waals surface area contributed by atoms with E-state index in [9.17, 15) is 36.2 Å². The zero-order valence-electron chi connectivity index (χ0n) is 16.3. The number of halogens is 7. The van der Waals surface area contributed by atoms with Crippen LogP contribution in [0.3, 0.4) is 0 Å². The number of carbonyl (C=O) groups is 1. The van der Waals surface area contributed by atoms with Crippen molar-refractivity contribution in [3.8, 4) is 0 Å². The van der Waals surface area contributed by atoms with Crippen LogP contribution in [0.5, 0.6) is 0 Å². The lowest BCUT2D eigenvalue weighted by Crippen LogP contribution is -2.55. The SMILES string of the molecule is NC1=NC(=O)CC(O)(C(F)(F)F)C1=C(N)C1CCN(c2nc(Cl)ccc2C(F)(F)F)CC1. The van der Waals surface area contributed by atoms with Gasteiger partial charge in [0, 0.05) is 24.7 Å². The van der Waals surface area contributed by atoms with Crippen LogP contribution in [0.15, 0.2) is 28.4 Å². The molecule has 3 heterocycles. The van der Waals surface area contributed by atoms with Crippen molar-refractivity contribution in [2.75, 3.05) is 18.0 Å². The molecule has 1 fully saturated rings. The number of allylic oxidation sites excluding steroid dienone is 1. The number of aliphatic imine (C=N–C) groups is 1. The molecule has 14 heteroatoms. The molecule has 1 saturated heterocycles. The van der Waals surface area contributed by atoms with E-state index in [1.54, 1.807) is 0 Å². The number of nitrogens with zero attached hydrogens (tertiary/aromatic N) is 3. The molecule has 1 amide bonds. The Labute approximate surface area is 182 Å². The van der Waals surface area contributed by atoms with Crippen molar-refractivity contribution in [3.63, 3.8) is 0 Å². The van der Waals surface area contributed by atoms with Gasteiger partial charge in [-0.2, -0.15) is 31.3 Å². The standard InChI is InChI=1S/C18H18ClF6N5O2/c19-10-2-1-9(17(20,21)22)15(28-10)30-5-3-8(4-6-30)13(26)12-14(27)29-11(31)7-16(12,32)18(23,24)25/h1-2,8,32H,3-7,26H2,(H2,27,29,31). The van der Waals surface area contributed by atoms with Crippen molar-refractivity contribution in [1.82, 2.24) is 4.98 Å². The van der Waals surface area contributed by atoms with Crippen molar-refractivity contribution in [2.24, 2.45) is 22.4 Å². The zero-order chi connectivity index (χ0) is 24.1. The molecule has 0 saturated carbocycles. The van der Waals surface area contributed by atoms with Crippen LogP contribution in [-0.4, -0.2) is 46.7 Å². The Hall–Kier alpha value is -2.54. The minimum Gasteiger partial charge on any atom is -0.401 e. The molecule has 32 heavy (non-hydrogen) atoms. The first-order valence-corrected chi connectivity index (χ1v) is 9.68. The van der Waals surface area contributed by atoms with Gasteiger partial charge in [0.2, 0.25) is 0 Å². The molecule has 1 aromatic rings. The number of hydrogen-bond acceptors (Lipinski definition) is 6. The van der Waals surface area contributed by atoms with Crippen LogP contribution in [0.2, 0.25) is 5.15 Å². The molecule has 0 radical (unpaired) electrons. The van der Waals surface area contributed by atoms with Crippen LogP contribution in [-0.2, 0) is 11.0 Å². The number of rotatable bonds is 2. The Morgan fingerprint density at radius 2 is 1.78 bits per heavy atom. The van der Waals surface area contributed by atoms with Crippen LogP contribution in [0.4, 0.5) is 32.2 Å². The Bertz CT molecular complexity index is 985. The van der Waals surface area contributed by atoms with Crippen molar-refractivity contribution in [3.05, 3.63) is 34.1 Å². The van der Waals surface area contributed by atoms with Gasteiger partial charge < -0.3 is 21.5 Å². The lowest BCUT2D eigenvalue weighted by Gasteiger charge is -2.38. The fourth-order valence-corrected chi connectivity index (χ4v) is 4.01. The summed E-state index contributed by atoms with van der Waals surface area (Å²) in [6.45, 7) is -0.0645. The van der Waals surface area contributed by atoms with E-state index in [0.29, 0.717) is 0 Å². The lowest BCUT2D eigenvalue weighted by molar-refractivity contribution is -0.244. The summed E-state index contributed by atoms with van der Waals surface area (Å²) < 4.78 is 80.8. The van der Waals surface area contributed by atoms with Crippen LogP contribution in [0.1, 0.15) is 24.8 Å². The van der Waals surface area contributed by atoms with Crippen molar-refractivity contribution in [2.45, 2.75) is 37.2 Å². The number of anilines is 1. The van der Waals surface area contributed by atoms with Gasteiger partial charge in [-0.3, -0.25) is 4.79 Å². The number of aliphatic hydroxyl groups is 1. The Kier molecular flexibility index (Phi) is 6.11. The molecular weight excluding hydrogens is 468 g/mol. The van der Waals surface area contributed by atoms with Crippen molar-refractivity contribution < 1.29 is 36.2 Å². The second-order valence-corrected chi connectivity index (χ2v) is 7.91. The van der Waals surface area contributed by atoms with Gasteiger partial charge in [-0.25, -0.2) is 4.98 Å². The highest BCUT2D eigenvalue weighted by Gasteiger charge is 2.60. The molecule has 1 unspecified atom stereocenters. The zero-order valence-corrected chi connectivity index (χ0v) is 17.0. The minimum atomic E-state index is -5.25. The van der Waals surface area contributed by atoms with Gasteiger partial charge in [-0.05, 0) is 25.0 Å². The Morgan fingerprint density at radius 1 is 1.19 bits per heavy atom. The van der Waals surface area contributed by atoms with Crippen LogP contribution in [0, 0.1) is 5.92 Å². The van der Waals surface area contributed by atoms with Gasteiger partial charge in [0.25, 0.3) is 5.91 Å². The third-order valence-corrected chi connectivity index (χ3v) is 5.67. The predicted molar refractivity (Wildman–Crippen MR) is 103 cm³/mol. The summed E-state index contributed by atoms with van der Waals surface area (Å²) in [5, 5.41) is 10.1. The van der Waals surface area contributed by atoms with Crippen LogP contribution in [0.25, 0.3) is 0 Å². The first kappa shape index (κ1) is 24.1. The number of piperidine rings is 1. The average Bonchev–Trinajstić information content (AvgIpc) is 2.65. The van der Waals surface area contributed by atoms with Gasteiger partial charge in [-0.1, -0.05) is 11.6 Å². The van der Waals surface area contributed by atoms with Gasteiger partial charge in [0.05, 0.1) is 17.6 Å². The lowest BCUT2D eigenvalue weighted by atomic mass is 9.80. The molecule has 0 spiro atoms. The number of aromatic nitrogens is 1. The number of carbonyl (C=O) groups excluding carboxylic acids is 1. The number of amides is 1. The van der Waals surface area contributed by atoms with Gasteiger partial charge >= 0.3 is 12.4 Å². The minimum absolute atomic E-state index is 0.0322. The summed E-state index contributed by atoms with van der Waals surface area (Å²) >= 11 is 5.75. The highest BCUT2D eigenvalue weighted by Crippen LogP contribution is 2.44. The molecule has 0 aliphatic carbocycles. The quantitative estimate of drug-likeness (QED) is 0.438. The summed E-state index contributed by atoms with van der Waals surface area (Å²) in [6.07, 6.45) is -11.2. The second-order valence-electron chi connectivity index (χ2n) is 7.52. The van der Waals surface area contributed by atoms with Crippen molar-refractivity contribution >= 4 is 29.2 Å². The number of amidine groups is 1.